The van der Waals surface area contributed by atoms with E-state index >= 15 is 0 Å². The molecular formula is C14H20N2O3. The minimum Gasteiger partial charge on any atom is -0.465 e. The lowest BCUT2D eigenvalue weighted by atomic mass is 10.1. The van der Waals surface area contributed by atoms with E-state index in [2.05, 4.69) is 4.98 Å². The van der Waals surface area contributed by atoms with E-state index in [1.54, 1.807) is 18.3 Å². The van der Waals surface area contributed by atoms with E-state index in [1.807, 2.05) is 4.90 Å². The predicted octanol–water partition coefficient (Wildman–Crippen LogP) is 1.61. The van der Waals surface area contributed by atoms with E-state index in [0.29, 0.717) is 24.0 Å². The van der Waals surface area contributed by atoms with Gasteiger partial charge in [-0.3, -0.25) is 0 Å². The number of aliphatic hydroxyl groups is 1. The number of aliphatic hydroxyl groups excluding tert-OH is 1. The fraction of sp³-hybridized carbons (Fsp3) is 0.571. The van der Waals surface area contributed by atoms with Gasteiger partial charge in [0.25, 0.3) is 0 Å². The Balaban J connectivity index is 2.32. The van der Waals surface area contributed by atoms with Crippen LogP contribution in [0.1, 0.15) is 36.0 Å². The molecule has 0 aliphatic heterocycles. The van der Waals surface area contributed by atoms with Gasteiger partial charge < -0.3 is 14.7 Å². The van der Waals surface area contributed by atoms with Crippen molar-refractivity contribution in [3.05, 3.63) is 23.9 Å². The molecule has 1 aliphatic carbocycles. The summed E-state index contributed by atoms with van der Waals surface area (Å²) in [4.78, 5) is 18.2. The summed E-state index contributed by atoms with van der Waals surface area (Å²) in [5, 5.41) is 9.26. The Labute approximate surface area is 113 Å². The molecule has 1 heterocycles. The molecule has 1 aliphatic rings. The van der Waals surface area contributed by atoms with Crippen LogP contribution in [-0.2, 0) is 4.74 Å². The average Bonchev–Trinajstić information content (AvgIpc) is 2.98. The molecule has 5 nitrogen and oxygen atoms in total. The first-order valence-electron chi connectivity index (χ1n) is 6.68. The number of hydrogen-bond donors (Lipinski definition) is 1. The Hall–Kier alpha value is -1.62. The standard InChI is InChI=1S/C14H20N2O3/c1-19-14(18)12-7-4-8-15-13(12)16(9-10-17)11-5-2-3-6-11/h4,7-8,11,17H,2-3,5-6,9-10H2,1H3. The number of methoxy groups -OCH3 is 1. The second-order valence-electron chi connectivity index (χ2n) is 4.72. The zero-order valence-electron chi connectivity index (χ0n) is 11.2. The maximum Gasteiger partial charge on any atom is 0.341 e. The van der Waals surface area contributed by atoms with E-state index in [1.165, 1.54) is 20.0 Å². The number of pyridine rings is 1. The SMILES string of the molecule is COC(=O)c1cccnc1N(CCO)C1CCCC1. The van der Waals surface area contributed by atoms with E-state index in [9.17, 15) is 9.90 Å². The Morgan fingerprint density at radius 3 is 2.89 bits per heavy atom. The van der Waals surface area contributed by atoms with Crippen LogP contribution < -0.4 is 4.90 Å². The second kappa shape index (κ2) is 6.52. The zero-order valence-corrected chi connectivity index (χ0v) is 11.2. The zero-order chi connectivity index (χ0) is 13.7. The highest BCUT2D eigenvalue weighted by Crippen LogP contribution is 2.29. The van der Waals surface area contributed by atoms with Crippen LogP contribution in [0.5, 0.6) is 0 Å². The first kappa shape index (κ1) is 13.8. The Morgan fingerprint density at radius 2 is 2.26 bits per heavy atom. The highest BCUT2D eigenvalue weighted by Gasteiger charge is 2.26. The fourth-order valence-corrected chi connectivity index (χ4v) is 2.68. The summed E-state index contributed by atoms with van der Waals surface area (Å²) in [6.07, 6.45) is 6.20. The van der Waals surface area contributed by atoms with Crippen molar-refractivity contribution in [3.63, 3.8) is 0 Å². The third kappa shape index (κ3) is 3.04. The van der Waals surface area contributed by atoms with Gasteiger partial charge in [0.2, 0.25) is 0 Å². The first-order chi connectivity index (χ1) is 9.27. The lowest BCUT2D eigenvalue weighted by Crippen LogP contribution is -2.37. The molecule has 1 N–H and O–H groups in total. The van der Waals surface area contributed by atoms with Crippen molar-refractivity contribution < 1.29 is 14.6 Å². The van der Waals surface area contributed by atoms with Gasteiger partial charge in [0.1, 0.15) is 11.4 Å². The summed E-state index contributed by atoms with van der Waals surface area (Å²) in [7, 11) is 1.37. The molecule has 0 spiro atoms. The van der Waals surface area contributed by atoms with Gasteiger partial charge >= 0.3 is 5.97 Å². The molecule has 0 unspecified atom stereocenters. The molecule has 1 aromatic heterocycles. The number of ether oxygens (including phenoxy) is 1. The first-order valence-corrected chi connectivity index (χ1v) is 6.68. The van der Waals surface area contributed by atoms with Crippen LogP contribution in [0.2, 0.25) is 0 Å². The summed E-state index contributed by atoms with van der Waals surface area (Å²) in [6.45, 7) is 0.541. The van der Waals surface area contributed by atoms with Gasteiger partial charge in [-0.2, -0.15) is 0 Å². The van der Waals surface area contributed by atoms with Crippen molar-refractivity contribution in [1.82, 2.24) is 4.98 Å². The second-order valence-corrected chi connectivity index (χ2v) is 4.72. The number of rotatable bonds is 5. The number of hydrogen-bond acceptors (Lipinski definition) is 5. The molecule has 1 saturated carbocycles. The lowest BCUT2D eigenvalue weighted by molar-refractivity contribution is 0.0600. The minimum atomic E-state index is -0.385. The Bertz CT molecular complexity index is 430. The third-order valence-corrected chi connectivity index (χ3v) is 3.57. The molecule has 0 saturated heterocycles. The van der Waals surface area contributed by atoms with Crippen LogP contribution in [0.15, 0.2) is 18.3 Å². The average molecular weight is 264 g/mol. The number of nitrogens with zero attached hydrogens (tertiary/aromatic N) is 2. The molecule has 19 heavy (non-hydrogen) atoms. The molecule has 1 fully saturated rings. The number of anilines is 1. The topological polar surface area (TPSA) is 62.7 Å². The van der Waals surface area contributed by atoms with Gasteiger partial charge in [-0.25, -0.2) is 9.78 Å². The smallest absolute Gasteiger partial charge is 0.341 e. The maximum absolute atomic E-state index is 11.8. The molecule has 1 aromatic rings. The maximum atomic E-state index is 11.8. The molecule has 0 aromatic carbocycles. The largest absolute Gasteiger partial charge is 0.465 e. The summed E-state index contributed by atoms with van der Waals surface area (Å²) in [5.41, 5.74) is 0.463. The summed E-state index contributed by atoms with van der Waals surface area (Å²) in [5.74, 6) is 0.235. The van der Waals surface area contributed by atoms with Crippen molar-refractivity contribution in [2.75, 3.05) is 25.2 Å². The Kier molecular flexibility index (Phi) is 4.74. The predicted molar refractivity (Wildman–Crippen MR) is 72.3 cm³/mol. The number of esters is 1. The summed E-state index contributed by atoms with van der Waals surface area (Å²) in [6, 6.07) is 3.79. The molecular weight excluding hydrogens is 244 g/mol. The van der Waals surface area contributed by atoms with E-state index in [4.69, 9.17) is 4.74 Å². The fourth-order valence-electron chi connectivity index (χ4n) is 2.68. The summed E-state index contributed by atoms with van der Waals surface area (Å²) >= 11 is 0. The van der Waals surface area contributed by atoms with Crippen molar-refractivity contribution in [2.45, 2.75) is 31.7 Å². The van der Waals surface area contributed by atoms with Crippen molar-refractivity contribution in [2.24, 2.45) is 0 Å². The van der Waals surface area contributed by atoms with Gasteiger partial charge in [-0.15, -0.1) is 0 Å². The van der Waals surface area contributed by atoms with Crippen molar-refractivity contribution in [1.29, 1.82) is 0 Å². The minimum absolute atomic E-state index is 0.0493. The van der Waals surface area contributed by atoms with E-state index in [0.717, 1.165) is 12.8 Å². The Morgan fingerprint density at radius 1 is 1.53 bits per heavy atom. The molecule has 0 atom stereocenters. The number of carbonyl (C=O) groups is 1. The van der Waals surface area contributed by atoms with Crippen molar-refractivity contribution in [3.8, 4) is 0 Å². The molecule has 5 heteroatoms. The molecule has 0 bridgehead atoms. The molecule has 0 amide bonds. The highest BCUT2D eigenvalue weighted by molar-refractivity contribution is 5.94. The third-order valence-electron chi connectivity index (χ3n) is 3.57. The molecule has 104 valence electrons. The monoisotopic (exact) mass is 264 g/mol. The highest BCUT2D eigenvalue weighted by atomic mass is 16.5. The number of aromatic nitrogens is 1. The molecule has 0 radical (unpaired) electrons. The van der Waals surface area contributed by atoms with Crippen molar-refractivity contribution >= 4 is 11.8 Å². The van der Waals surface area contributed by atoms with Crippen LogP contribution in [0.25, 0.3) is 0 Å². The van der Waals surface area contributed by atoms with Gasteiger partial charge in [0.05, 0.1) is 13.7 Å². The van der Waals surface area contributed by atoms with E-state index < -0.39 is 0 Å². The van der Waals surface area contributed by atoms with Gasteiger partial charge in [-0.1, -0.05) is 12.8 Å². The lowest BCUT2D eigenvalue weighted by Gasteiger charge is -2.30. The summed E-state index contributed by atoms with van der Waals surface area (Å²) < 4.78 is 4.80. The quantitative estimate of drug-likeness (QED) is 0.819. The number of carbonyl (C=O) groups excluding carboxylic acids is 1. The van der Waals surface area contributed by atoms with Gasteiger partial charge in [0, 0.05) is 18.8 Å². The van der Waals surface area contributed by atoms with E-state index in [-0.39, 0.29) is 12.6 Å². The van der Waals surface area contributed by atoms with Crippen LogP contribution >= 0.6 is 0 Å². The van der Waals surface area contributed by atoms with Gasteiger partial charge in [0.15, 0.2) is 0 Å². The van der Waals surface area contributed by atoms with Crippen LogP contribution in [0.4, 0.5) is 5.82 Å². The van der Waals surface area contributed by atoms with Crippen LogP contribution in [0, 0.1) is 0 Å². The normalized spacial score (nSPS) is 15.5. The molecule has 2 rings (SSSR count). The van der Waals surface area contributed by atoms with Gasteiger partial charge in [-0.05, 0) is 25.0 Å². The van der Waals surface area contributed by atoms with Crippen LogP contribution in [0.3, 0.4) is 0 Å². The van der Waals surface area contributed by atoms with Crippen LogP contribution in [-0.4, -0.2) is 42.4 Å².